The first-order chi connectivity index (χ1) is 9.62. The number of nitrogens with one attached hydrogen (secondary N) is 1. The van der Waals surface area contributed by atoms with E-state index in [4.69, 9.17) is 14.2 Å². The summed E-state index contributed by atoms with van der Waals surface area (Å²) in [5, 5.41) is 3.33. The summed E-state index contributed by atoms with van der Waals surface area (Å²) in [5.74, 6) is 0.801. The van der Waals surface area contributed by atoms with Gasteiger partial charge in [-0.1, -0.05) is 0 Å². The van der Waals surface area contributed by atoms with Crippen molar-refractivity contribution in [3.8, 4) is 5.75 Å². The van der Waals surface area contributed by atoms with Crippen LogP contribution in [-0.4, -0.2) is 33.2 Å². The van der Waals surface area contributed by atoms with Crippen molar-refractivity contribution in [1.29, 1.82) is 0 Å². The van der Waals surface area contributed by atoms with Gasteiger partial charge in [-0.25, -0.2) is 0 Å². The maximum Gasteiger partial charge on any atom is 0.169 e. The van der Waals surface area contributed by atoms with E-state index in [1.807, 2.05) is 26.0 Å². The molecule has 0 saturated carbocycles. The molecule has 0 spiro atoms. The molecule has 0 aliphatic carbocycles. The van der Waals surface area contributed by atoms with Gasteiger partial charge in [0.15, 0.2) is 6.29 Å². The van der Waals surface area contributed by atoms with Crippen LogP contribution in [0.1, 0.15) is 19.4 Å². The van der Waals surface area contributed by atoms with Crippen LogP contribution in [-0.2, 0) is 16.0 Å². The lowest BCUT2D eigenvalue weighted by molar-refractivity contribution is -0.133. The number of hydrogen-bond donors (Lipinski definition) is 1. The highest BCUT2D eigenvalue weighted by Crippen LogP contribution is 2.34. The number of ether oxygens (including phenoxy) is 3. The predicted molar refractivity (Wildman–Crippen MR) is 87.1 cm³/mol. The molecule has 0 radical (unpaired) electrons. The fourth-order valence-corrected chi connectivity index (χ4v) is 3.39. The fraction of sp³-hybridized carbons (Fsp3) is 0.571. The molecular weight excluding hydrogens is 390 g/mol. The topological polar surface area (TPSA) is 39.7 Å². The third kappa shape index (κ3) is 5.69. The molecule has 0 saturated heterocycles. The number of halogens is 2. The van der Waals surface area contributed by atoms with E-state index >= 15 is 0 Å². The third-order valence-corrected chi connectivity index (χ3v) is 3.79. The molecule has 0 amide bonds. The fourth-order valence-electron chi connectivity index (χ4n) is 1.78. The monoisotopic (exact) mass is 409 g/mol. The number of hydrogen-bond acceptors (Lipinski definition) is 4. The van der Waals surface area contributed by atoms with Crippen LogP contribution in [0.5, 0.6) is 5.75 Å². The van der Waals surface area contributed by atoms with Gasteiger partial charge >= 0.3 is 0 Å². The van der Waals surface area contributed by atoms with E-state index in [1.54, 1.807) is 7.11 Å². The Kier molecular flexibility index (Phi) is 8.72. The van der Waals surface area contributed by atoms with E-state index in [9.17, 15) is 0 Å². The van der Waals surface area contributed by atoms with Crippen molar-refractivity contribution in [2.75, 3.05) is 26.9 Å². The largest absolute Gasteiger partial charge is 0.494 e. The van der Waals surface area contributed by atoms with Crippen LogP contribution in [0.2, 0.25) is 0 Å². The van der Waals surface area contributed by atoms with Gasteiger partial charge in [0.2, 0.25) is 0 Å². The van der Waals surface area contributed by atoms with Crippen molar-refractivity contribution >= 4 is 31.9 Å². The number of benzene rings is 1. The first-order valence-corrected chi connectivity index (χ1v) is 8.16. The van der Waals surface area contributed by atoms with Gasteiger partial charge in [-0.3, -0.25) is 0 Å². The molecule has 0 aliphatic rings. The first kappa shape index (κ1) is 17.9. The van der Waals surface area contributed by atoms with Crippen molar-refractivity contribution in [3.05, 3.63) is 26.6 Å². The molecule has 1 aromatic carbocycles. The van der Waals surface area contributed by atoms with Gasteiger partial charge < -0.3 is 19.5 Å². The van der Waals surface area contributed by atoms with Crippen LogP contribution in [0, 0.1) is 0 Å². The second-order valence-corrected chi connectivity index (χ2v) is 5.77. The quantitative estimate of drug-likeness (QED) is 0.630. The zero-order valence-corrected chi connectivity index (χ0v) is 15.2. The lowest BCUT2D eigenvalue weighted by Crippen LogP contribution is -2.31. The summed E-state index contributed by atoms with van der Waals surface area (Å²) >= 11 is 6.99. The van der Waals surface area contributed by atoms with Crippen LogP contribution in [0.25, 0.3) is 0 Å². The minimum Gasteiger partial charge on any atom is -0.494 e. The number of rotatable bonds is 9. The standard InChI is InChI=1S/C14H21Br2NO3/c1-4-19-13(20-5-2)9-17-8-10-6-11(15)14(18-3)12(16)7-10/h6-7,13,17H,4-5,8-9H2,1-3H3. The summed E-state index contributed by atoms with van der Waals surface area (Å²) in [6, 6.07) is 4.07. The second-order valence-electron chi connectivity index (χ2n) is 4.06. The van der Waals surface area contributed by atoms with Crippen molar-refractivity contribution in [3.63, 3.8) is 0 Å². The molecule has 114 valence electrons. The molecule has 0 bridgehead atoms. The summed E-state index contributed by atoms with van der Waals surface area (Å²) in [6.07, 6.45) is -0.199. The van der Waals surface area contributed by atoms with Gasteiger partial charge in [-0.05, 0) is 63.4 Å². The van der Waals surface area contributed by atoms with Gasteiger partial charge in [-0.2, -0.15) is 0 Å². The Morgan fingerprint density at radius 1 is 1.10 bits per heavy atom. The average molecular weight is 411 g/mol. The van der Waals surface area contributed by atoms with E-state index in [1.165, 1.54) is 0 Å². The van der Waals surface area contributed by atoms with E-state index in [0.29, 0.717) is 19.8 Å². The molecule has 6 heteroatoms. The molecule has 1 N–H and O–H groups in total. The van der Waals surface area contributed by atoms with Crippen molar-refractivity contribution in [2.24, 2.45) is 0 Å². The highest BCUT2D eigenvalue weighted by atomic mass is 79.9. The SMILES string of the molecule is CCOC(CNCc1cc(Br)c(OC)c(Br)c1)OCC. The number of methoxy groups -OCH3 is 1. The van der Waals surface area contributed by atoms with E-state index in [2.05, 4.69) is 37.2 Å². The van der Waals surface area contributed by atoms with Crippen molar-refractivity contribution < 1.29 is 14.2 Å². The normalized spacial score (nSPS) is 11.1. The molecule has 0 aromatic heterocycles. The summed E-state index contributed by atoms with van der Waals surface area (Å²) in [5.41, 5.74) is 1.15. The Morgan fingerprint density at radius 2 is 1.65 bits per heavy atom. The molecule has 4 nitrogen and oxygen atoms in total. The molecule has 20 heavy (non-hydrogen) atoms. The van der Waals surface area contributed by atoms with E-state index in [-0.39, 0.29) is 6.29 Å². The molecule has 0 aliphatic heterocycles. The van der Waals surface area contributed by atoms with E-state index < -0.39 is 0 Å². The molecule has 1 rings (SSSR count). The highest BCUT2D eigenvalue weighted by molar-refractivity contribution is 9.11. The summed E-state index contributed by atoms with van der Waals surface area (Å²) in [4.78, 5) is 0. The molecule has 0 atom stereocenters. The second kappa shape index (κ2) is 9.73. The maximum absolute atomic E-state index is 5.48. The van der Waals surface area contributed by atoms with Gasteiger partial charge in [-0.15, -0.1) is 0 Å². The van der Waals surface area contributed by atoms with Gasteiger partial charge in [0.05, 0.1) is 16.1 Å². The van der Waals surface area contributed by atoms with Gasteiger partial charge in [0, 0.05) is 26.3 Å². The summed E-state index contributed by atoms with van der Waals surface area (Å²) in [6.45, 7) is 6.60. The van der Waals surface area contributed by atoms with Gasteiger partial charge in [0.25, 0.3) is 0 Å². The minimum atomic E-state index is -0.199. The minimum absolute atomic E-state index is 0.199. The Balaban J connectivity index is 2.53. The van der Waals surface area contributed by atoms with Crippen molar-refractivity contribution in [2.45, 2.75) is 26.7 Å². The van der Waals surface area contributed by atoms with Crippen LogP contribution < -0.4 is 10.1 Å². The molecule has 0 unspecified atom stereocenters. The Bertz CT molecular complexity index is 386. The lowest BCUT2D eigenvalue weighted by Gasteiger charge is -2.17. The molecule has 0 heterocycles. The van der Waals surface area contributed by atoms with Crippen LogP contribution in [0.3, 0.4) is 0 Å². The highest BCUT2D eigenvalue weighted by Gasteiger charge is 2.10. The lowest BCUT2D eigenvalue weighted by atomic mass is 10.2. The smallest absolute Gasteiger partial charge is 0.169 e. The van der Waals surface area contributed by atoms with Gasteiger partial charge in [0.1, 0.15) is 5.75 Å². The third-order valence-electron chi connectivity index (χ3n) is 2.61. The average Bonchev–Trinajstić information content (AvgIpc) is 2.39. The van der Waals surface area contributed by atoms with Crippen molar-refractivity contribution in [1.82, 2.24) is 5.32 Å². The van der Waals surface area contributed by atoms with Crippen LogP contribution in [0.15, 0.2) is 21.1 Å². The molecular formula is C14H21Br2NO3. The van der Waals surface area contributed by atoms with Crippen LogP contribution in [0.4, 0.5) is 0 Å². The Hall–Kier alpha value is -0.140. The molecule has 1 aromatic rings. The maximum atomic E-state index is 5.48. The molecule has 0 fully saturated rings. The summed E-state index contributed by atoms with van der Waals surface area (Å²) in [7, 11) is 1.65. The Morgan fingerprint density at radius 3 is 2.10 bits per heavy atom. The van der Waals surface area contributed by atoms with E-state index in [0.717, 1.165) is 26.8 Å². The predicted octanol–water partition coefficient (Wildman–Crippen LogP) is 3.71. The Labute approximate surface area is 137 Å². The summed E-state index contributed by atoms with van der Waals surface area (Å²) < 4.78 is 18.1. The zero-order valence-electron chi connectivity index (χ0n) is 12.0. The first-order valence-electron chi connectivity index (χ1n) is 6.58. The van der Waals surface area contributed by atoms with Crippen LogP contribution >= 0.6 is 31.9 Å². The zero-order chi connectivity index (χ0) is 15.0.